The molecule has 3 saturated heterocycles. The van der Waals surface area contributed by atoms with Crippen LogP contribution < -0.4 is 5.32 Å². The van der Waals surface area contributed by atoms with Gasteiger partial charge in [0, 0.05) is 45.3 Å². The highest BCUT2D eigenvalue weighted by atomic mass is 16.1. The number of fused-ring (bicyclic) bond motifs is 4. The van der Waals surface area contributed by atoms with E-state index in [1.807, 2.05) is 24.3 Å². The molecule has 3 aliphatic heterocycles. The van der Waals surface area contributed by atoms with Crippen molar-refractivity contribution < 1.29 is 4.79 Å². The molecule has 4 heterocycles. The Morgan fingerprint density at radius 3 is 2.68 bits per heavy atom. The van der Waals surface area contributed by atoms with Crippen molar-refractivity contribution in [3.8, 4) is 0 Å². The smallest absolute Gasteiger partial charge is 0.271 e. The molecule has 1 N–H and O–H groups in total. The van der Waals surface area contributed by atoms with E-state index in [0.717, 1.165) is 43.8 Å². The van der Waals surface area contributed by atoms with Crippen molar-refractivity contribution in [3.05, 3.63) is 36.2 Å². The summed E-state index contributed by atoms with van der Waals surface area (Å²) in [5.74, 6) is -0.143. The molecule has 22 heavy (non-hydrogen) atoms. The van der Waals surface area contributed by atoms with Crippen molar-refractivity contribution in [2.24, 2.45) is 0 Å². The summed E-state index contributed by atoms with van der Waals surface area (Å²) in [5.41, 5.74) is 1.94. The van der Waals surface area contributed by atoms with Gasteiger partial charge in [-0.3, -0.25) is 19.6 Å². The van der Waals surface area contributed by atoms with Crippen molar-refractivity contribution in [1.82, 2.24) is 25.1 Å². The zero-order valence-electron chi connectivity index (χ0n) is 12.4. The monoisotopic (exact) mass is 297 g/mol. The van der Waals surface area contributed by atoms with E-state index >= 15 is 0 Å². The second-order valence-corrected chi connectivity index (χ2v) is 5.94. The summed E-state index contributed by atoms with van der Waals surface area (Å²) >= 11 is 0. The normalized spacial score (nSPS) is 27.0. The van der Waals surface area contributed by atoms with Crippen molar-refractivity contribution in [1.29, 1.82) is 0 Å². The van der Waals surface area contributed by atoms with Gasteiger partial charge in [0.25, 0.3) is 5.91 Å². The van der Waals surface area contributed by atoms with Gasteiger partial charge in [0.1, 0.15) is 5.69 Å². The molecule has 114 valence electrons. The van der Waals surface area contributed by atoms with Crippen LogP contribution in [0.1, 0.15) is 10.5 Å². The molecule has 3 fully saturated rings. The average molecular weight is 297 g/mol. The largest absolute Gasteiger partial charge is 0.349 e. The number of carbonyl (C=O) groups is 1. The van der Waals surface area contributed by atoms with Crippen LogP contribution in [0.4, 0.5) is 0 Å². The molecule has 0 spiro atoms. The average Bonchev–Trinajstić information content (AvgIpc) is 2.60. The van der Waals surface area contributed by atoms with E-state index < -0.39 is 0 Å². The van der Waals surface area contributed by atoms with Crippen LogP contribution in [-0.2, 0) is 0 Å². The first kappa shape index (κ1) is 13.6. The van der Waals surface area contributed by atoms with Crippen molar-refractivity contribution in [2.45, 2.75) is 6.04 Å². The van der Waals surface area contributed by atoms with Gasteiger partial charge >= 0.3 is 0 Å². The Hall–Kier alpha value is -2.05. The minimum atomic E-state index is -0.143. The fourth-order valence-electron chi connectivity index (χ4n) is 3.29. The quantitative estimate of drug-likeness (QED) is 0.886. The van der Waals surface area contributed by atoms with Gasteiger partial charge in [0.15, 0.2) is 0 Å². The Labute approximate surface area is 129 Å². The van der Waals surface area contributed by atoms with Gasteiger partial charge in [-0.05, 0) is 12.1 Å². The van der Waals surface area contributed by atoms with Crippen molar-refractivity contribution in [3.63, 3.8) is 0 Å². The molecule has 6 heteroatoms. The van der Waals surface area contributed by atoms with Gasteiger partial charge in [0.05, 0.1) is 17.2 Å². The van der Waals surface area contributed by atoms with E-state index in [9.17, 15) is 4.79 Å². The predicted octanol–water partition coefficient (Wildman–Crippen LogP) is 0.359. The van der Waals surface area contributed by atoms with E-state index in [-0.39, 0.29) is 5.91 Å². The number of amides is 1. The number of nitrogens with one attached hydrogen (secondary N) is 1. The molecule has 1 aromatic carbocycles. The molecule has 2 bridgehead atoms. The molecule has 5 rings (SSSR count). The molecule has 3 aliphatic rings. The highest BCUT2D eigenvalue weighted by Gasteiger charge is 2.31. The summed E-state index contributed by atoms with van der Waals surface area (Å²) in [4.78, 5) is 25.9. The Morgan fingerprint density at radius 1 is 1.18 bits per heavy atom. The van der Waals surface area contributed by atoms with Gasteiger partial charge in [-0.1, -0.05) is 12.1 Å². The summed E-state index contributed by atoms with van der Waals surface area (Å²) in [6.45, 7) is 6.24. The predicted molar refractivity (Wildman–Crippen MR) is 83.7 cm³/mol. The van der Waals surface area contributed by atoms with Gasteiger partial charge in [0.2, 0.25) is 0 Å². The van der Waals surface area contributed by atoms with Crippen LogP contribution in [0.25, 0.3) is 11.0 Å². The topological polar surface area (TPSA) is 61.4 Å². The maximum Gasteiger partial charge on any atom is 0.271 e. The molecule has 0 radical (unpaired) electrons. The Bertz CT molecular complexity index is 696. The first-order valence-corrected chi connectivity index (χ1v) is 7.76. The minimum Gasteiger partial charge on any atom is -0.349 e. The zero-order chi connectivity index (χ0) is 14.9. The lowest BCUT2D eigenvalue weighted by Crippen LogP contribution is -2.63. The van der Waals surface area contributed by atoms with Gasteiger partial charge < -0.3 is 5.32 Å². The minimum absolute atomic E-state index is 0.143. The van der Waals surface area contributed by atoms with Gasteiger partial charge in [-0.25, -0.2) is 4.98 Å². The third-order valence-corrected chi connectivity index (χ3v) is 4.57. The summed E-state index contributed by atoms with van der Waals surface area (Å²) in [5, 5.41) is 3.01. The highest BCUT2D eigenvalue weighted by Crippen LogP contribution is 2.15. The number of hydrogen-bond donors (Lipinski definition) is 1. The van der Waals surface area contributed by atoms with Gasteiger partial charge in [-0.15, -0.1) is 0 Å². The molecule has 1 aromatic heterocycles. The number of nitrogens with zero attached hydrogens (tertiary/aromatic N) is 4. The number of aromatic nitrogens is 2. The van der Waals surface area contributed by atoms with E-state index in [0.29, 0.717) is 18.3 Å². The molecule has 1 unspecified atom stereocenters. The van der Waals surface area contributed by atoms with Gasteiger partial charge in [-0.2, -0.15) is 0 Å². The van der Waals surface area contributed by atoms with Crippen LogP contribution in [0.15, 0.2) is 30.5 Å². The maximum atomic E-state index is 12.3. The lowest BCUT2D eigenvalue weighted by Gasteiger charge is -2.47. The number of rotatable bonds is 3. The molecule has 2 aromatic rings. The highest BCUT2D eigenvalue weighted by molar-refractivity contribution is 5.93. The Morgan fingerprint density at radius 2 is 1.95 bits per heavy atom. The van der Waals surface area contributed by atoms with E-state index in [4.69, 9.17) is 0 Å². The van der Waals surface area contributed by atoms with Crippen LogP contribution in [0, 0.1) is 0 Å². The third kappa shape index (κ3) is 2.55. The molecule has 1 atom stereocenters. The van der Waals surface area contributed by atoms with Crippen molar-refractivity contribution in [2.75, 3.05) is 39.3 Å². The first-order valence-electron chi connectivity index (χ1n) is 7.76. The van der Waals surface area contributed by atoms with E-state index in [1.54, 1.807) is 6.20 Å². The van der Waals surface area contributed by atoms with Crippen LogP contribution in [-0.4, -0.2) is 71.0 Å². The first-order chi connectivity index (χ1) is 10.8. The second-order valence-electron chi connectivity index (χ2n) is 5.94. The zero-order valence-corrected chi connectivity index (χ0v) is 12.4. The summed E-state index contributed by atoms with van der Waals surface area (Å²) in [6.07, 6.45) is 1.55. The standard InChI is InChI=1S/C16H19N5O/c22-16(15-10-17-13-3-1-2-4-14(13)19-15)18-9-12-11-20-5-7-21(12)8-6-20/h1-4,10,12H,5-9,11H2,(H,18,22). The van der Waals surface area contributed by atoms with Crippen molar-refractivity contribution >= 4 is 16.9 Å². The number of para-hydroxylation sites is 2. The lowest BCUT2D eigenvalue weighted by atomic mass is 10.1. The molecular weight excluding hydrogens is 278 g/mol. The van der Waals surface area contributed by atoms with Crippen LogP contribution >= 0.6 is 0 Å². The number of benzene rings is 1. The number of piperazine rings is 3. The molecular formula is C16H19N5O. The molecule has 1 amide bonds. The fraction of sp³-hybridized carbons (Fsp3) is 0.438. The summed E-state index contributed by atoms with van der Waals surface area (Å²) in [6, 6.07) is 8.00. The Balaban J connectivity index is 1.43. The fourth-order valence-corrected chi connectivity index (χ4v) is 3.29. The summed E-state index contributed by atoms with van der Waals surface area (Å²) in [7, 11) is 0. The van der Waals surface area contributed by atoms with E-state index in [2.05, 4.69) is 25.1 Å². The SMILES string of the molecule is O=C(NCC1CN2CCN1CC2)c1cnc2ccccc2n1. The van der Waals surface area contributed by atoms with Crippen LogP contribution in [0.5, 0.6) is 0 Å². The second kappa shape index (κ2) is 5.62. The van der Waals surface area contributed by atoms with E-state index in [1.165, 1.54) is 0 Å². The van der Waals surface area contributed by atoms with Crippen LogP contribution in [0.3, 0.4) is 0 Å². The number of carbonyl (C=O) groups excluding carboxylic acids is 1. The van der Waals surface area contributed by atoms with Crippen LogP contribution in [0.2, 0.25) is 0 Å². The molecule has 6 nitrogen and oxygen atoms in total. The lowest BCUT2D eigenvalue weighted by molar-refractivity contribution is 0.0138. The maximum absolute atomic E-state index is 12.3. The number of hydrogen-bond acceptors (Lipinski definition) is 5. The molecule has 0 aliphatic carbocycles. The summed E-state index contributed by atoms with van der Waals surface area (Å²) < 4.78 is 0. The molecule has 0 saturated carbocycles. The Kier molecular flexibility index (Phi) is 3.48. The third-order valence-electron chi connectivity index (χ3n) is 4.57.